The second-order valence-electron chi connectivity index (χ2n) is 7.90. The molecule has 1 heterocycles. The zero-order valence-corrected chi connectivity index (χ0v) is 18.3. The fourth-order valence-corrected chi connectivity index (χ4v) is 5.19. The first-order chi connectivity index (χ1) is 13.8. The molecular formula is C23H30N2O3S. The Morgan fingerprint density at radius 1 is 0.966 bits per heavy atom. The molecule has 1 aliphatic rings. The van der Waals surface area contributed by atoms with Gasteiger partial charge in [0, 0.05) is 18.7 Å². The summed E-state index contributed by atoms with van der Waals surface area (Å²) in [4.78, 5) is 13.1. The number of sulfonamides is 1. The van der Waals surface area contributed by atoms with Gasteiger partial charge in [0.05, 0.1) is 10.9 Å². The average molecular weight is 415 g/mol. The third-order valence-corrected chi connectivity index (χ3v) is 7.48. The van der Waals surface area contributed by atoms with E-state index in [0.717, 1.165) is 42.4 Å². The van der Waals surface area contributed by atoms with Crippen molar-refractivity contribution in [1.29, 1.82) is 0 Å². The fourth-order valence-electron chi connectivity index (χ4n) is 3.65. The standard InChI is InChI=1S/C23H30N2O3S/c1-17-8-11-20(12-9-17)19(3)24-23(26)22-16-21(13-10-18(22)2)29(27,28)25-14-6-4-5-7-15-25/h8-13,16,19H,4-7,14-15H2,1-3H3,(H,24,26)/t19-/m1/s1. The van der Waals surface area contributed by atoms with Crippen molar-refractivity contribution in [2.75, 3.05) is 13.1 Å². The summed E-state index contributed by atoms with van der Waals surface area (Å²) < 4.78 is 27.7. The lowest BCUT2D eigenvalue weighted by molar-refractivity contribution is 0.0939. The van der Waals surface area contributed by atoms with Crippen molar-refractivity contribution in [2.45, 2.75) is 57.4 Å². The van der Waals surface area contributed by atoms with Crippen LogP contribution in [0.3, 0.4) is 0 Å². The normalized spacial score (nSPS) is 16.8. The highest BCUT2D eigenvalue weighted by molar-refractivity contribution is 7.89. The van der Waals surface area contributed by atoms with E-state index in [4.69, 9.17) is 0 Å². The third-order valence-electron chi connectivity index (χ3n) is 5.58. The number of amides is 1. The molecule has 0 bridgehead atoms. The molecule has 6 heteroatoms. The summed E-state index contributed by atoms with van der Waals surface area (Å²) in [5.41, 5.74) is 3.33. The lowest BCUT2D eigenvalue weighted by Gasteiger charge is -2.21. The van der Waals surface area contributed by atoms with Gasteiger partial charge >= 0.3 is 0 Å². The molecule has 1 amide bonds. The second-order valence-corrected chi connectivity index (χ2v) is 9.84. The van der Waals surface area contributed by atoms with E-state index in [-0.39, 0.29) is 16.8 Å². The number of carbonyl (C=O) groups excluding carboxylic acids is 1. The SMILES string of the molecule is Cc1ccc([C@@H](C)NC(=O)c2cc(S(=O)(=O)N3CCCCCC3)ccc2C)cc1. The van der Waals surface area contributed by atoms with Crippen molar-refractivity contribution in [2.24, 2.45) is 0 Å². The molecule has 1 N–H and O–H groups in total. The van der Waals surface area contributed by atoms with Gasteiger partial charge in [-0.3, -0.25) is 4.79 Å². The maximum atomic E-state index is 13.1. The van der Waals surface area contributed by atoms with Crippen molar-refractivity contribution in [3.8, 4) is 0 Å². The van der Waals surface area contributed by atoms with Gasteiger partial charge in [-0.1, -0.05) is 48.7 Å². The van der Waals surface area contributed by atoms with E-state index < -0.39 is 10.0 Å². The average Bonchev–Trinajstić information content (AvgIpc) is 2.98. The summed E-state index contributed by atoms with van der Waals surface area (Å²) in [5.74, 6) is -0.261. The van der Waals surface area contributed by atoms with Gasteiger partial charge in [0.15, 0.2) is 0 Å². The maximum absolute atomic E-state index is 13.1. The van der Waals surface area contributed by atoms with Crippen molar-refractivity contribution in [3.63, 3.8) is 0 Å². The number of carbonyl (C=O) groups is 1. The topological polar surface area (TPSA) is 66.5 Å². The van der Waals surface area contributed by atoms with Crippen molar-refractivity contribution >= 4 is 15.9 Å². The molecule has 5 nitrogen and oxygen atoms in total. The highest BCUT2D eigenvalue weighted by atomic mass is 32.2. The highest BCUT2D eigenvalue weighted by Gasteiger charge is 2.26. The summed E-state index contributed by atoms with van der Waals surface area (Å²) in [6.07, 6.45) is 3.88. The zero-order chi connectivity index (χ0) is 21.0. The van der Waals surface area contributed by atoms with E-state index in [2.05, 4.69) is 5.32 Å². The fraction of sp³-hybridized carbons (Fsp3) is 0.435. The predicted octanol–water partition coefficient (Wildman–Crippen LogP) is 4.36. The molecular weight excluding hydrogens is 384 g/mol. The van der Waals surface area contributed by atoms with Crippen LogP contribution in [0.4, 0.5) is 0 Å². The lowest BCUT2D eigenvalue weighted by Crippen LogP contribution is -2.32. The molecule has 0 saturated carbocycles. The molecule has 0 spiro atoms. The van der Waals surface area contributed by atoms with Gasteiger partial charge in [-0.25, -0.2) is 8.42 Å². The molecule has 2 aromatic carbocycles. The minimum atomic E-state index is -3.59. The number of benzene rings is 2. The Labute approximate surface area is 174 Å². The number of hydrogen-bond donors (Lipinski definition) is 1. The Morgan fingerprint density at radius 2 is 1.59 bits per heavy atom. The molecule has 29 heavy (non-hydrogen) atoms. The summed E-state index contributed by atoms with van der Waals surface area (Å²) in [6, 6.07) is 12.7. The molecule has 1 fully saturated rings. The minimum absolute atomic E-state index is 0.173. The first kappa shape index (κ1) is 21.5. The molecule has 0 radical (unpaired) electrons. The number of rotatable bonds is 5. The van der Waals surface area contributed by atoms with Crippen LogP contribution in [-0.2, 0) is 10.0 Å². The smallest absolute Gasteiger partial charge is 0.252 e. The van der Waals surface area contributed by atoms with Crippen LogP contribution in [0.15, 0.2) is 47.4 Å². The van der Waals surface area contributed by atoms with Crippen LogP contribution in [0.5, 0.6) is 0 Å². The summed E-state index contributed by atoms with van der Waals surface area (Å²) >= 11 is 0. The van der Waals surface area contributed by atoms with Crippen LogP contribution >= 0.6 is 0 Å². The van der Waals surface area contributed by atoms with Gasteiger partial charge in [0.1, 0.15) is 0 Å². The molecule has 156 valence electrons. The monoisotopic (exact) mass is 414 g/mol. The van der Waals surface area contributed by atoms with E-state index in [0.29, 0.717) is 18.7 Å². The molecule has 3 rings (SSSR count). The quantitative estimate of drug-likeness (QED) is 0.790. The van der Waals surface area contributed by atoms with Crippen molar-refractivity contribution in [1.82, 2.24) is 9.62 Å². The molecule has 2 aromatic rings. The van der Waals surface area contributed by atoms with E-state index >= 15 is 0 Å². The summed E-state index contributed by atoms with van der Waals surface area (Å²) in [5, 5.41) is 2.99. The van der Waals surface area contributed by atoms with Crippen molar-refractivity contribution in [3.05, 3.63) is 64.7 Å². The number of aryl methyl sites for hydroxylation is 2. The van der Waals surface area contributed by atoms with Gasteiger partial charge < -0.3 is 5.32 Å². The Hall–Kier alpha value is -2.18. The second kappa shape index (κ2) is 9.09. The zero-order valence-electron chi connectivity index (χ0n) is 17.4. The lowest BCUT2D eigenvalue weighted by atomic mass is 10.0. The van der Waals surface area contributed by atoms with Crippen LogP contribution < -0.4 is 5.32 Å². The Balaban J connectivity index is 1.82. The maximum Gasteiger partial charge on any atom is 0.252 e. The minimum Gasteiger partial charge on any atom is -0.346 e. The molecule has 1 saturated heterocycles. The Morgan fingerprint density at radius 3 is 2.21 bits per heavy atom. The summed E-state index contributed by atoms with van der Waals surface area (Å²) in [7, 11) is -3.59. The van der Waals surface area contributed by atoms with Crippen LogP contribution in [0.25, 0.3) is 0 Å². The third kappa shape index (κ3) is 5.06. The predicted molar refractivity (Wildman–Crippen MR) is 115 cm³/mol. The first-order valence-electron chi connectivity index (χ1n) is 10.3. The summed E-state index contributed by atoms with van der Waals surface area (Å²) in [6.45, 7) is 6.86. The first-order valence-corrected chi connectivity index (χ1v) is 11.7. The molecule has 0 unspecified atom stereocenters. The Kier molecular flexibility index (Phi) is 6.75. The van der Waals surface area contributed by atoms with Gasteiger partial charge in [-0.05, 0) is 56.9 Å². The van der Waals surface area contributed by atoms with E-state index in [1.807, 2.05) is 45.0 Å². The molecule has 0 aromatic heterocycles. The Bertz CT molecular complexity index is 960. The van der Waals surface area contributed by atoms with Gasteiger partial charge in [-0.2, -0.15) is 4.31 Å². The van der Waals surface area contributed by atoms with Crippen molar-refractivity contribution < 1.29 is 13.2 Å². The van der Waals surface area contributed by atoms with Gasteiger partial charge in [0.25, 0.3) is 5.91 Å². The largest absolute Gasteiger partial charge is 0.346 e. The van der Waals surface area contributed by atoms with Gasteiger partial charge in [-0.15, -0.1) is 0 Å². The van der Waals surface area contributed by atoms with E-state index in [1.54, 1.807) is 16.4 Å². The molecule has 1 atom stereocenters. The van der Waals surface area contributed by atoms with Crippen LogP contribution in [0, 0.1) is 13.8 Å². The van der Waals surface area contributed by atoms with E-state index in [1.165, 1.54) is 6.07 Å². The van der Waals surface area contributed by atoms with Crippen LogP contribution in [0.1, 0.15) is 65.7 Å². The molecule has 0 aliphatic carbocycles. The highest BCUT2D eigenvalue weighted by Crippen LogP contribution is 2.23. The number of hydrogen-bond acceptors (Lipinski definition) is 3. The number of nitrogens with zero attached hydrogens (tertiary/aromatic N) is 1. The number of nitrogens with one attached hydrogen (secondary N) is 1. The molecule has 1 aliphatic heterocycles. The van der Waals surface area contributed by atoms with E-state index in [9.17, 15) is 13.2 Å². The van der Waals surface area contributed by atoms with Gasteiger partial charge in [0.2, 0.25) is 10.0 Å². The van der Waals surface area contributed by atoms with Crippen LogP contribution in [-0.4, -0.2) is 31.7 Å². The van der Waals surface area contributed by atoms with Crippen LogP contribution in [0.2, 0.25) is 0 Å².